The first-order valence-corrected chi connectivity index (χ1v) is 10.2. The zero-order valence-electron chi connectivity index (χ0n) is 17.8. The van der Waals surface area contributed by atoms with E-state index in [0.717, 1.165) is 28.2 Å². The van der Waals surface area contributed by atoms with Crippen LogP contribution < -0.4 is 0 Å². The van der Waals surface area contributed by atoms with Gasteiger partial charge in [-0.25, -0.2) is 0 Å². The first-order valence-electron chi connectivity index (χ1n) is 10.2. The Kier molecular flexibility index (Phi) is 5.69. The molecule has 156 valence electrons. The molecule has 0 aliphatic rings. The van der Waals surface area contributed by atoms with Crippen LogP contribution in [0.2, 0.25) is 0 Å². The Morgan fingerprint density at radius 2 is 1.62 bits per heavy atom. The summed E-state index contributed by atoms with van der Waals surface area (Å²) in [5, 5.41) is 20.8. The van der Waals surface area contributed by atoms with Crippen molar-refractivity contribution < 1.29 is 4.92 Å². The fourth-order valence-electron chi connectivity index (χ4n) is 3.89. The van der Waals surface area contributed by atoms with Crippen LogP contribution in [0.4, 0.5) is 5.69 Å². The minimum atomic E-state index is -0.455. The molecule has 0 radical (unpaired) electrons. The number of nitro groups is 1. The standard InChI is InChI=1S/C27H21N3O2/c1-19-15-24(16-25(18-28)23-9-6-10-27(17-23)30(31)32)20(2)29(19)26-13-11-22(12-14-26)21-7-4-3-5-8-21/h3-17H,1-2H3/b25-16+. The summed E-state index contributed by atoms with van der Waals surface area (Å²) in [7, 11) is 0. The van der Waals surface area contributed by atoms with Crippen LogP contribution in [0.3, 0.4) is 0 Å². The quantitative estimate of drug-likeness (QED) is 0.204. The van der Waals surface area contributed by atoms with Crippen LogP contribution >= 0.6 is 0 Å². The van der Waals surface area contributed by atoms with Gasteiger partial charge >= 0.3 is 0 Å². The first kappa shape index (κ1) is 20.8. The summed E-state index contributed by atoms with van der Waals surface area (Å²) < 4.78 is 2.14. The normalized spacial score (nSPS) is 11.2. The van der Waals surface area contributed by atoms with Crippen LogP contribution in [0.5, 0.6) is 0 Å². The van der Waals surface area contributed by atoms with E-state index in [-0.39, 0.29) is 5.69 Å². The summed E-state index contributed by atoms with van der Waals surface area (Å²) in [4.78, 5) is 10.6. The molecule has 0 amide bonds. The van der Waals surface area contributed by atoms with Crippen LogP contribution in [-0.4, -0.2) is 9.49 Å². The van der Waals surface area contributed by atoms with Gasteiger partial charge in [-0.3, -0.25) is 10.1 Å². The number of hydrogen-bond acceptors (Lipinski definition) is 3. The Labute approximate surface area is 186 Å². The molecular formula is C27H21N3O2. The molecule has 3 aromatic carbocycles. The number of non-ortho nitro benzene ring substituents is 1. The second-order valence-corrected chi connectivity index (χ2v) is 7.55. The number of rotatable bonds is 5. The summed E-state index contributed by atoms with van der Waals surface area (Å²) in [6.07, 6.45) is 1.79. The smallest absolute Gasteiger partial charge is 0.270 e. The van der Waals surface area contributed by atoms with Gasteiger partial charge in [-0.05, 0) is 60.4 Å². The summed E-state index contributed by atoms with van der Waals surface area (Å²) in [6.45, 7) is 4.03. The second kappa shape index (κ2) is 8.75. The molecule has 0 aliphatic carbocycles. The highest BCUT2D eigenvalue weighted by Gasteiger charge is 2.13. The summed E-state index contributed by atoms with van der Waals surface area (Å²) in [6, 6.07) is 28.9. The van der Waals surface area contributed by atoms with E-state index >= 15 is 0 Å². The molecule has 5 heteroatoms. The lowest BCUT2D eigenvalue weighted by Crippen LogP contribution is -1.99. The number of hydrogen-bond donors (Lipinski definition) is 0. The SMILES string of the molecule is Cc1cc(/C=C(\C#N)c2cccc([N+](=O)[O-])c2)c(C)n1-c1ccc(-c2ccccc2)cc1. The molecule has 0 saturated heterocycles. The van der Waals surface area contributed by atoms with Crippen molar-refractivity contribution in [3.05, 3.63) is 118 Å². The van der Waals surface area contributed by atoms with E-state index in [1.165, 1.54) is 17.7 Å². The van der Waals surface area contributed by atoms with E-state index in [1.54, 1.807) is 18.2 Å². The Morgan fingerprint density at radius 3 is 2.28 bits per heavy atom. The van der Waals surface area contributed by atoms with Crippen LogP contribution in [0.25, 0.3) is 28.5 Å². The first-order chi connectivity index (χ1) is 15.5. The van der Waals surface area contributed by atoms with Gasteiger partial charge in [0.15, 0.2) is 0 Å². The number of allylic oxidation sites excluding steroid dienone is 1. The van der Waals surface area contributed by atoms with Crippen molar-refractivity contribution in [1.82, 2.24) is 4.57 Å². The van der Waals surface area contributed by atoms with Crippen molar-refractivity contribution in [3.63, 3.8) is 0 Å². The molecule has 1 heterocycles. The van der Waals surface area contributed by atoms with Gasteiger partial charge in [0, 0.05) is 29.2 Å². The van der Waals surface area contributed by atoms with Crippen molar-refractivity contribution in [2.45, 2.75) is 13.8 Å². The van der Waals surface area contributed by atoms with Crippen molar-refractivity contribution >= 4 is 17.3 Å². The van der Waals surface area contributed by atoms with Gasteiger partial charge in [0.25, 0.3) is 5.69 Å². The third-order valence-electron chi connectivity index (χ3n) is 5.49. The summed E-state index contributed by atoms with van der Waals surface area (Å²) >= 11 is 0. The molecule has 5 nitrogen and oxygen atoms in total. The van der Waals surface area contributed by atoms with Crippen LogP contribution in [0, 0.1) is 35.3 Å². The van der Waals surface area contributed by atoms with Gasteiger partial charge in [0.2, 0.25) is 0 Å². The topological polar surface area (TPSA) is 71.9 Å². The minimum Gasteiger partial charge on any atom is -0.318 e. The highest BCUT2D eigenvalue weighted by Crippen LogP contribution is 2.28. The Balaban J connectivity index is 1.71. The fraction of sp³-hybridized carbons (Fsp3) is 0.0741. The highest BCUT2D eigenvalue weighted by molar-refractivity contribution is 5.90. The van der Waals surface area contributed by atoms with Crippen molar-refractivity contribution in [2.24, 2.45) is 0 Å². The molecule has 0 N–H and O–H groups in total. The van der Waals surface area contributed by atoms with Crippen molar-refractivity contribution in [3.8, 4) is 22.9 Å². The molecule has 0 saturated carbocycles. The lowest BCUT2D eigenvalue weighted by Gasteiger charge is -2.11. The van der Waals surface area contributed by atoms with Crippen LogP contribution in [-0.2, 0) is 0 Å². The number of aryl methyl sites for hydroxylation is 1. The molecule has 32 heavy (non-hydrogen) atoms. The Hall–Kier alpha value is -4.43. The average Bonchev–Trinajstić information content (AvgIpc) is 3.10. The lowest BCUT2D eigenvalue weighted by atomic mass is 10.0. The summed E-state index contributed by atoms with van der Waals surface area (Å²) in [5.74, 6) is 0. The maximum absolute atomic E-state index is 11.1. The van der Waals surface area contributed by atoms with Gasteiger partial charge in [-0.15, -0.1) is 0 Å². The van der Waals surface area contributed by atoms with Gasteiger partial charge in [0.1, 0.15) is 0 Å². The predicted octanol–water partition coefficient (Wildman–Crippen LogP) is 6.73. The zero-order valence-corrected chi connectivity index (χ0v) is 17.8. The molecule has 0 unspecified atom stereocenters. The number of nitro benzene ring substituents is 1. The van der Waals surface area contributed by atoms with Gasteiger partial charge in [0.05, 0.1) is 16.6 Å². The van der Waals surface area contributed by atoms with Crippen molar-refractivity contribution in [1.29, 1.82) is 5.26 Å². The molecule has 0 aliphatic heterocycles. The molecule has 4 aromatic rings. The van der Waals surface area contributed by atoms with E-state index in [9.17, 15) is 15.4 Å². The highest BCUT2D eigenvalue weighted by atomic mass is 16.6. The van der Waals surface area contributed by atoms with Gasteiger partial charge in [-0.1, -0.05) is 54.6 Å². The number of benzene rings is 3. The fourth-order valence-corrected chi connectivity index (χ4v) is 3.89. The van der Waals surface area contributed by atoms with Crippen LogP contribution in [0.15, 0.2) is 84.9 Å². The van der Waals surface area contributed by atoms with E-state index in [2.05, 4.69) is 47.0 Å². The van der Waals surface area contributed by atoms with E-state index in [1.807, 2.05) is 38.1 Å². The molecule has 1 aromatic heterocycles. The number of nitriles is 1. The van der Waals surface area contributed by atoms with E-state index in [4.69, 9.17) is 0 Å². The van der Waals surface area contributed by atoms with Gasteiger partial charge in [-0.2, -0.15) is 5.26 Å². The molecule has 0 atom stereocenters. The number of aromatic nitrogens is 1. The summed E-state index contributed by atoms with van der Waals surface area (Å²) in [5.41, 5.74) is 7.16. The third-order valence-corrected chi connectivity index (χ3v) is 5.49. The third kappa shape index (κ3) is 4.07. The largest absolute Gasteiger partial charge is 0.318 e. The average molecular weight is 419 g/mol. The molecule has 0 fully saturated rings. The van der Waals surface area contributed by atoms with Crippen molar-refractivity contribution in [2.75, 3.05) is 0 Å². The maximum atomic E-state index is 11.1. The molecule has 0 spiro atoms. The molecular weight excluding hydrogens is 398 g/mol. The second-order valence-electron chi connectivity index (χ2n) is 7.55. The van der Waals surface area contributed by atoms with Crippen LogP contribution in [0.1, 0.15) is 22.5 Å². The predicted molar refractivity (Wildman–Crippen MR) is 127 cm³/mol. The Bertz CT molecular complexity index is 1360. The monoisotopic (exact) mass is 419 g/mol. The van der Waals surface area contributed by atoms with Gasteiger partial charge < -0.3 is 4.57 Å². The lowest BCUT2D eigenvalue weighted by molar-refractivity contribution is -0.384. The maximum Gasteiger partial charge on any atom is 0.270 e. The van der Waals surface area contributed by atoms with E-state index in [0.29, 0.717) is 11.1 Å². The zero-order chi connectivity index (χ0) is 22.7. The number of nitrogens with zero attached hydrogens (tertiary/aromatic N) is 3. The minimum absolute atomic E-state index is 0.0346. The Morgan fingerprint density at radius 1 is 0.938 bits per heavy atom. The molecule has 0 bridgehead atoms. The van der Waals surface area contributed by atoms with E-state index < -0.39 is 4.92 Å². The molecule has 4 rings (SSSR count).